The average molecular weight is 294 g/mol. The molecule has 7 heteroatoms. The minimum absolute atomic E-state index is 0.102. The molecule has 1 aliphatic carbocycles. The van der Waals surface area contributed by atoms with Crippen molar-refractivity contribution in [2.75, 3.05) is 19.0 Å². The van der Waals surface area contributed by atoms with Gasteiger partial charge in [0.1, 0.15) is 0 Å². The molecule has 0 aliphatic heterocycles. The summed E-state index contributed by atoms with van der Waals surface area (Å²) in [5.41, 5.74) is 0.341. The number of carboxylic acids is 1. The third-order valence-corrected chi connectivity index (χ3v) is 4.12. The Morgan fingerprint density at radius 1 is 1.52 bits per heavy atom. The summed E-state index contributed by atoms with van der Waals surface area (Å²) < 4.78 is 5.48. The van der Waals surface area contributed by atoms with Gasteiger partial charge >= 0.3 is 5.97 Å². The van der Waals surface area contributed by atoms with E-state index in [2.05, 4.69) is 5.32 Å². The van der Waals surface area contributed by atoms with Crippen LogP contribution in [0.1, 0.15) is 35.2 Å². The molecule has 1 aliphatic rings. The lowest BCUT2D eigenvalue weighted by Crippen LogP contribution is -2.45. The van der Waals surface area contributed by atoms with Crippen molar-refractivity contribution in [3.8, 4) is 0 Å². The molecule has 0 heterocycles. The first-order valence-electron chi connectivity index (χ1n) is 6.70. The Labute approximate surface area is 122 Å². The third kappa shape index (κ3) is 2.97. The predicted molar refractivity (Wildman–Crippen MR) is 76.9 cm³/mol. The maximum Gasteiger partial charge on any atom is 0.336 e. The number of anilines is 1. The summed E-state index contributed by atoms with van der Waals surface area (Å²) in [5.74, 6) is -1.19. The van der Waals surface area contributed by atoms with Crippen molar-refractivity contribution in [3.63, 3.8) is 0 Å². The van der Waals surface area contributed by atoms with Crippen LogP contribution < -0.4 is 5.32 Å². The molecule has 7 nitrogen and oxygen atoms in total. The molecule has 114 valence electrons. The maximum absolute atomic E-state index is 11.1. The number of hydrogen-bond acceptors (Lipinski definition) is 5. The van der Waals surface area contributed by atoms with E-state index in [4.69, 9.17) is 9.84 Å². The fourth-order valence-electron chi connectivity index (χ4n) is 2.48. The molecule has 0 bridgehead atoms. The zero-order valence-corrected chi connectivity index (χ0v) is 12.0. The van der Waals surface area contributed by atoms with Gasteiger partial charge in [0.25, 0.3) is 5.69 Å². The van der Waals surface area contributed by atoms with Gasteiger partial charge in [0.05, 0.1) is 16.1 Å². The second kappa shape index (κ2) is 5.69. The number of nitrogens with one attached hydrogen (secondary N) is 1. The van der Waals surface area contributed by atoms with Crippen molar-refractivity contribution in [2.24, 2.45) is 0 Å². The molecule has 0 aromatic heterocycles. The molecule has 2 N–H and O–H groups in total. The molecule has 0 spiro atoms. The molecule has 1 aromatic rings. The first-order chi connectivity index (χ1) is 9.88. The fourth-order valence-corrected chi connectivity index (χ4v) is 2.48. The van der Waals surface area contributed by atoms with Crippen molar-refractivity contribution < 1.29 is 19.6 Å². The van der Waals surface area contributed by atoms with Crippen molar-refractivity contribution in [1.82, 2.24) is 0 Å². The standard InChI is InChI=1S/C14H18N2O5/c1-9-11(15-8-14(21-2)4-3-5-14)6-10(13(17)18)7-12(9)16(19)20/h6-7,15H,3-5,8H2,1-2H3,(H,17,18). The molecule has 1 fully saturated rings. The molecular weight excluding hydrogens is 276 g/mol. The van der Waals surface area contributed by atoms with Gasteiger partial charge in [-0.3, -0.25) is 10.1 Å². The van der Waals surface area contributed by atoms with Crippen LogP contribution in [0.3, 0.4) is 0 Å². The summed E-state index contributed by atoms with van der Waals surface area (Å²) in [6, 6.07) is 2.50. The van der Waals surface area contributed by atoms with Crippen LogP contribution in [0.5, 0.6) is 0 Å². The number of carbonyl (C=O) groups is 1. The highest BCUT2D eigenvalue weighted by Crippen LogP contribution is 2.36. The number of methoxy groups -OCH3 is 1. The summed E-state index contributed by atoms with van der Waals surface area (Å²) in [4.78, 5) is 21.6. The van der Waals surface area contributed by atoms with Crippen LogP contribution in [-0.4, -0.2) is 35.3 Å². The lowest BCUT2D eigenvalue weighted by molar-refractivity contribution is -0.385. The molecule has 2 rings (SSSR count). The van der Waals surface area contributed by atoms with Gasteiger partial charge in [-0.15, -0.1) is 0 Å². The Hall–Kier alpha value is -2.15. The van der Waals surface area contributed by atoms with E-state index in [1.165, 1.54) is 6.07 Å². The van der Waals surface area contributed by atoms with Crippen LogP contribution in [0.25, 0.3) is 0 Å². The van der Waals surface area contributed by atoms with Gasteiger partial charge in [0.2, 0.25) is 0 Å². The zero-order valence-electron chi connectivity index (χ0n) is 12.0. The van der Waals surface area contributed by atoms with Crippen molar-refractivity contribution in [3.05, 3.63) is 33.4 Å². The quantitative estimate of drug-likeness (QED) is 0.617. The average Bonchev–Trinajstić information content (AvgIpc) is 2.38. The summed E-state index contributed by atoms with van der Waals surface area (Å²) in [6.45, 7) is 2.11. The van der Waals surface area contributed by atoms with E-state index in [1.807, 2.05) is 0 Å². The van der Waals surface area contributed by atoms with Gasteiger partial charge in [0, 0.05) is 31.0 Å². The summed E-state index contributed by atoms with van der Waals surface area (Å²) >= 11 is 0. The van der Waals surface area contributed by atoms with Crippen LogP contribution in [0.2, 0.25) is 0 Å². The summed E-state index contributed by atoms with van der Waals surface area (Å²) in [6.07, 6.45) is 2.94. The number of nitrogens with zero attached hydrogens (tertiary/aromatic N) is 1. The fraction of sp³-hybridized carbons (Fsp3) is 0.500. The second-order valence-electron chi connectivity index (χ2n) is 5.32. The minimum Gasteiger partial charge on any atom is -0.478 e. The number of nitro groups is 1. The molecular formula is C14H18N2O5. The zero-order chi connectivity index (χ0) is 15.6. The minimum atomic E-state index is -1.19. The van der Waals surface area contributed by atoms with E-state index in [0.29, 0.717) is 17.8 Å². The number of benzene rings is 1. The molecule has 0 unspecified atom stereocenters. The first kappa shape index (κ1) is 15.2. The number of nitro benzene ring substituents is 1. The number of aromatic carboxylic acids is 1. The Bertz CT molecular complexity index is 575. The van der Waals surface area contributed by atoms with Crippen LogP contribution in [0.4, 0.5) is 11.4 Å². The predicted octanol–water partition coefficient (Wildman–Crippen LogP) is 2.58. The van der Waals surface area contributed by atoms with Crippen LogP contribution in [0.15, 0.2) is 12.1 Å². The lowest BCUT2D eigenvalue weighted by Gasteiger charge is -2.40. The number of ether oxygens (including phenoxy) is 1. The topological polar surface area (TPSA) is 102 Å². The van der Waals surface area contributed by atoms with Crippen molar-refractivity contribution in [1.29, 1.82) is 0 Å². The van der Waals surface area contributed by atoms with E-state index >= 15 is 0 Å². The third-order valence-electron chi connectivity index (χ3n) is 4.12. The molecule has 1 saturated carbocycles. The number of carboxylic acid groups (broad SMARTS) is 1. The second-order valence-corrected chi connectivity index (χ2v) is 5.32. The molecule has 0 atom stereocenters. The highest BCUT2D eigenvalue weighted by Gasteiger charge is 2.37. The van der Waals surface area contributed by atoms with Gasteiger partial charge in [-0.1, -0.05) is 0 Å². The highest BCUT2D eigenvalue weighted by molar-refractivity contribution is 5.90. The van der Waals surface area contributed by atoms with Crippen LogP contribution in [-0.2, 0) is 4.74 Å². The number of rotatable bonds is 6. The Morgan fingerprint density at radius 2 is 2.19 bits per heavy atom. The van der Waals surface area contributed by atoms with Gasteiger partial charge in [-0.05, 0) is 32.3 Å². The molecule has 21 heavy (non-hydrogen) atoms. The Morgan fingerprint density at radius 3 is 2.62 bits per heavy atom. The molecule has 0 radical (unpaired) electrons. The molecule has 1 aromatic carbocycles. The van der Waals surface area contributed by atoms with Crippen molar-refractivity contribution >= 4 is 17.3 Å². The largest absolute Gasteiger partial charge is 0.478 e. The van der Waals surface area contributed by atoms with Crippen LogP contribution >= 0.6 is 0 Å². The molecule has 0 saturated heterocycles. The lowest BCUT2D eigenvalue weighted by atomic mass is 9.80. The van der Waals surface area contributed by atoms with Crippen LogP contribution in [0, 0.1) is 17.0 Å². The highest BCUT2D eigenvalue weighted by atomic mass is 16.6. The van der Waals surface area contributed by atoms with Crippen molar-refractivity contribution in [2.45, 2.75) is 31.8 Å². The smallest absolute Gasteiger partial charge is 0.336 e. The summed E-state index contributed by atoms with van der Waals surface area (Å²) in [7, 11) is 1.64. The van der Waals surface area contributed by atoms with E-state index in [0.717, 1.165) is 25.3 Å². The molecule has 0 amide bonds. The maximum atomic E-state index is 11.1. The van der Waals surface area contributed by atoms with E-state index < -0.39 is 10.9 Å². The Kier molecular flexibility index (Phi) is 4.13. The monoisotopic (exact) mass is 294 g/mol. The Balaban J connectivity index is 2.29. The van der Waals surface area contributed by atoms with Gasteiger partial charge in [-0.25, -0.2) is 4.79 Å². The van der Waals surface area contributed by atoms with Gasteiger partial charge < -0.3 is 15.2 Å². The SMILES string of the molecule is COC1(CNc2cc(C(=O)O)cc([N+](=O)[O-])c2C)CCC1. The van der Waals surface area contributed by atoms with E-state index in [9.17, 15) is 14.9 Å². The van der Waals surface area contributed by atoms with E-state index in [1.54, 1.807) is 14.0 Å². The van der Waals surface area contributed by atoms with Gasteiger partial charge in [-0.2, -0.15) is 0 Å². The number of hydrogen-bond donors (Lipinski definition) is 2. The van der Waals surface area contributed by atoms with E-state index in [-0.39, 0.29) is 16.9 Å². The summed E-state index contributed by atoms with van der Waals surface area (Å²) in [5, 5.41) is 23.2. The van der Waals surface area contributed by atoms with Gasteiger partial charge in [0.15, 0.2) is 0 Å². The first-order valence-corrected chi connectivity index (χ1v) is 6.70. The normalized spacial score (nSPS) is 16.1.